The van der Waals surface area contributed by atoms with Crippen LogP contribution < -0.4 is 10.1 Å². The van der Waals surface area contributed by atoms with Gasteiger partial charge in [-0.3, -0.25) is 4.98 Å². The Morgan fingerprint density at radius 2 is 2.17 bits per heavy atom. The number of nitrogens with one attached hydrogen (secondary N) is 1. The van der Waals surface area contributed by atoms with Crippen LogP contribution in [-0.2, 0) is 11.3 Å². The van der Waals surface area contributed by atoms with Crippen LogP contribution in [0.5, 0.6) is 5.88 Å². The molecule has 1 fully saturated rings. The molecule has 1 aromatic heterocycles. The Kier molecular flexibility index (Phi) is 4.98. The number of anilines is 1. The molecule has 122 valence electrons. The normalized spacial score (nSPS) is 15.7. The van der Waals surface area contributed by atoms with Crippen LogP contribution in [0.3, 0.4) is 0 Å². The molecule has 0 spiro atoms. The smallest absolute Gasteiger partial charge is 0.234 e. The van der Waals surface area contributed by atoms with Crippen LogP contribution in [0.1, 0.15) is 24.8 Å². The zero-order chi connectivity index (χ0) is 16.1. The first-order chi connectivity index (χ1) is 11.2. The molecular formula is C17H20ClN3O2. The zero-order valence-electron chi connectivity index (χ0n) is 13.1. The fourth-order valence-electron chi connectivity index (χ4n) is 2.56. The minimum absolute atomic E-state index is 0.0562. The third kappa shape index (κ3) is 4.12. The molecule has 5 nitrogen and oxygen atoms in total. The van der Waals surface area contributed by atoms with Crippen LogP contribution >= 0.6 is 11.6 Å². The van der Waals surface area contributed by atoms with Crippen molar-refractivity contribution < 1.29 is 9.47 Å². The lowest BCUT2D eigenvalue weighted by Crippen LogP contribution is -2.45. The number of nitrogens with zero attached hydrogens (tertiary/aromatic N) is 2. The molecule has 0 amide bonds. The van der Waals surface area contributed by atoms with Gasteiger partial charge in [0.25, 0.3) is 0 Å². The number of benzene rings is 1. The van der Waals surface area contributed by atoms with E-state index in [0.29, 0.717) is 23.3 Å². The number of halogens is 1. The summed E-state index contributed by atoms with van der Waals surface area (Å²) >= 11 is 5.96. The average Bonchev–Trinajstić information content (AvgIpc) is 2.53. The van der Waals surface area contributed by atoms with Crippen molar-refractivity contribution in [1.82, 2.24) is 9.97 Å². The molecule has 23 heavy (non-hydrogen) atoms. The second-order valence-electron chi connectivity index (χ2n) is 5.76. The lowest BCUT2D eigenvalue weighted by Gasteiger charge is -2.40. The highest BCUT2D eigenvalue weighted by atomic mass is 35.5. The van der Waals surface area contributed by atoms with Crippen molar-refractivity contribution in [3.05, 3.63) is 47.2 Å². The van der Waals surface area contributed by atoms with E-state index in [2.05, 4.69) is 15.3 Å². The van der Waals surface area contributed by atoms with Crippen LogP contribution in [0.2, 0.25) is 5.02 Å². The molecular weight excluding hydrogens is 314 g/mol. The van der Waals surface area contributed by atoms with E-state index in [0.717, 1.165) is 24.9 Å². The van der Waals surface area contributed by atoms with Gasteiger partial charge in [-0.15, -0.1) is 0 Å². The van der Waals surface area contributed by atoms with Gasteiger partial charge in [0.15, 0.2) is 0 Å². The maximum Gasteiger partial charge on any atom is 0.234 e. The van der Waals surface area contributed by atoms with E-state index in [1.54, 1.807) is 19.5 Å². The SMILES string of the molecule is COC1(CNc2cncc(OCc3cccc(Cl)c3)n2)CCC1. The summed E-state index contributed by atoms with van der Waals surface area (Å²) in [6.45, 7) is 1.14. The van der Waals surface area contributed by atoms with Gasteiger partial charge in [-0.05, 0) is 37.0 Å². The van der Waals surface area contributed by atoms with Crippen molar-refractivity contribution in [1.29, 1.82) is 0 Å². The van der Waals surface area contributed by atoms with Crippen LogP contribution in [0, 0.1) is 0 Å². The predicted molar refractivity (Wildman–Crippen MR) is 89.9 cm³/mol. The highest BCUT2D eigenvalue weighted by Crippen LogP contribution is 2.34. The lowest BCUT2D eigenvalue weighted by molar-refractivity contribution is -0.0601. The molecule has 1 heterocycles. The number of ether oxygens (including phenoxy) is 2. The predicted octanol–water partition coefficient (Wildman–Crippen LogP) is 3.69. The molecule has 1 aliphatic carbocycles. The maximum atomic E-state index is 5.96. The molecule has 1 N–H and O–H groups in total. The second kappa shape index (κ2) is 7.15. The summed E-state index contributed by atoms with van der Waals surface area (Å²) in [6, 6.07) is 7.56. The summed E-state index contributed by atoms with van der Waals surface area (Å²) in [6.07, 6.45) is 6.66. The summed E-state index contributed by atoms with van der Waals surface area (Å²) in [5.74, 6) is 1.17. The third-order valence-electron chi connectivity index (χ3n) is 4.18. The first kappa shape index (κ1) is 16.0. The molecule has 3 rings (SSSR count). The monoisotopic (exact) mass is 333 g/mol. The number of rotatable bonds is 7. The molecule has 0 saturated heterocycles. The highest BCUT2D eigenvalue weighted by Gasteiger charge is 2.36. The van der Waals surface area contributed by atoms with Gasteiger partial charge in [0.1, 0.15) is 12.4 Å². The maximum absolute atomic E-state index is 5.96. The summed E-state index contributed by atoms with van der Waals surface area (Å²) in [5, 5.41) is 3.98. The molecule has 0 radical (unpaired) electrons. The fourth-order valence-corrected chi connectivity index (χ4v) is 2.78. The van der Waals surface area contributed by atoms with Crippen molar-refractivity contribution in [3.8, 4) is 5.88 Å². The highest BCUT2D eigenvalue weighted by molar-refractivity contribution is 6.30. The first-order valence-corrected chi connectivity index (χ1v) is 8.05. The van der Waals surface area contributed by atoms with Gasteiger partial charge in [-0.1, -0.05) is 23.7 Å². The van der Waals surface area contributed by atoms with Gasteiger partial charge in [-0.2, -0.15) is 4.98 Å². The topological polar surface area (TPSA) is 56.3 Å². The van der Waals surface area contributed by atoms with Crippen LogP contribution in [0.25, 0.3) is 0 Å². The van der Waals surface area contributed by atoms with E-state index in [1.165, 1.54) is 6.42 Å². The van der Waals surface area contributed by atoms with Crippen molar-refractivity contribution in [2.24, 2.45) is 0 Å². The first-order valence-electron chi connectivity index (χ1n) is 7.67. The Balaban J connectivity index is 1.56. The number of hydrogen-bond acceptors (Lipinski definition) is 5. The van der Waals surface area contributed by atoms with Gasteiger partial charge in [0, 0.05) is 18.7 Å². The molecule has 0 aliphatic heterocycles. The minimum Gasteiger partial charge on any atom is -0.472 e. The Morgan fingerprint density at radius 1 is 1.30 bits per heavy atom. The molecule has 1 aromatic carbocycles. The van der Waals surface area contributed by atoms with Gasteiger partial charge >= 0.3 is 0 Å². The number of aromatic nitrogens is 2. The van der Waals surface area contributed by atoms with Crippen LogP contribution in [0.4, 0.5) is 5.82 Å². The zero-order valence-corrected chi connectivity index (χ0v) is 13.8. The molecule has 1 aliphatic rings. The molecule has 0 unspecified atom stereocenters. The van der Waals surface area contributed by atoms with Crippen molar-refractivity contribution >= 4 is 17.4 Å². The summed E-state index contributed by atoms with van der Waals surface area (Å²) in [4.78, 5) is 8.59. The van der Waals surface area contributed by atoms with Crippen LogP contribution in [-0.4, -0.2) is 29.2 Å². The second-order valence-corrected chi connectivity index (χ2v) is 6.19. The largest absolute Gasteiger partial charge is 0.472 e. The molecule has 1 saturated carbocycles. The van der Waals surface area contributed by atoms with Gasteiger partial charge in [0.05, 0.1) is 18.0 Å². The summed E-state index contributed by atoms with van der Waals surface area (Å²) in [7, 11) is 1.76. The van der Waals surface area contributed by atoms with E-state index < -0.39 is 0 Å². The standard InChI is InChI=1S/C17H20ClN3O2/c1-22-17(6-3-7-17)12-20-15-9-19-10-16(21-15)23-11-13-4-2-5-14(18)8-13/h2,4-5,8-10H,3,6-7,11-12H2,1H3,(H,20,21). The van der Waals surface area contributed by atoms with E-state index in [1.807, 2.05) is 24.3 Å². The Bertz CT molecular complexity index is 656. The third-order valence-corrected chi connectivity index (χ3v) is 4.41. The van der Waals surface area contributed by atoms with Gasteiger partial charge < -0.3 is 14.8 Å². The lowest BCUT2D eigenvalue weighted by atomic mass is 9.80. The number of hydrogen-bond donors (Lipinski definition) is 1. The van der Waals surface area contributed by atoms with E-state index in [-0.39, 0.29) is 5.60 Å². The molecule has 0 atom stereocenters. The summed E-state index contributed by atoms with van der Waals surface area (Å²) in [5.41, 5.74) is 0.935. The van der Waals surface area contributed by atoms with E-state index >= 15 is 0 Å². The van der Waals surface area contributed by atoms with E-state index in [4.69, 9.17) is 21.1 Å². The van der Waals surface area contributed by atoms with Crippen molar-refractivity contribution in [2.75, 3.05) is 19.0 Å². The van der Waals surface area contributed by atoms with Crippen molar-refractivity contribution in [3.63, 3.8) is 0 Å². The molecule has 0 bridgehead atoms. The van der Waals surface area contributed by atoms with Gasteiger partial charge in [-0.25, -0.2) is 0 Å². The molecule has 2 aromatic rings. The van der Waals surface area contributed by atoms with Crippen LogP contribution in [0.15, 0.2) is 36.7 Å². The minimum atomic E-state index is -0.0562. The number of methoxy groups -OCH3 is 1. The Hall–Kier alpha value is -1.85. The van der Waals surface area contributed by atoms with Gasteiger partial charge in [0.2, 0.25) is 5.88 Å². The fraction of sp³-hybridized carbons (Fsp3) is 0.412. The quantitative estimate of drug-likeness (QED) is 0.837. The average molecular weight is 334 g/mol. The Labute approximate surface area is 141 Å². The molecule has 6 heteroatoms. The van der Waals surface area contributed by atoms with Crippen molar-refractivity contribution in [2.45, 2.75) is 31.5 Å². The summed E-state index contributed by atoms with van der Waals surface area (Å²) < 4.78 is 11.3. The van der Waals surface area contributed by atoms with E-state index in [9.17, 15) is 0 Å². The Morgan fingerprint density at radius 3 is 2.87 bits per heavy atom.